The van der Waals surface area contributed by atoms with Crippen LogP contribution in [0.15, 0.2) is 30.3 Å². The zero-order chi connectivity index (χ0) is 108. The van der Waals surface area contributed by atoms with E-state index in [4.69, 9.17) is 83.7 Å². The zero-order valence-corrected chi connectivity index (χ0v) is 84.8. The molecule has 0 unspecified atom stereocenters. The number of nitrogens with one attached hydrogen (secondary N) is 23. The van der Waals surface area contributed by atoms with Crippen molar-refractivity contribution in [2.45, 2.75) is 311 Å². The highest BCUT2D eigenvalue weighted by Crippen LogP contribution is 2.31. The average molecular weight is 2070 g/mol. The maximum atomic E-state index is 15.4. The van der Waals surface area contributed by atoms with Crippen LogP contribution in [0.5, 0.6) is 0 Å². The molecule has 17 atom stereocenters. The van der Waals surface area contributed by atoms with Crippen molar-refractivity contribution in [2.24, 2.45) is 57.7 Å². The Morgan fingerprint density at radius 3 is 0.912 bits per heavy atom. The molecule has 40 N–H and O–H groups in total. The highest BCUT2D eigenvalue weighted by Gasteiger charge is 2.49. The maximum Gasteiger partial charge on any atom is 0.326 e. The summed E-state index contributed by atoms with van der Waals surface area (Å²) in [7, 11) is 0. The molecule has 6 saturated heterocycles. The third-order valence-corrected chi connectivity index (χ3v) is 27.0. The van der Waals surface area contributed by atoms with Gasteiger partial charge in [0.25, 0.3) is 0 Å². The fourth-order valence-corrected chi connectivity index (χ4v) is 19.3. The van der Waals surface area contributed by atoms with Crippen LogP contribution in [0.3, 0.4) is 0 Å². The van der Waals surface area contributed by atoms with E-state index >= 15 is 43.2 Å². The molecule has 0 saturated carbocycles. The van der Waals surface area contributed by atoms with Gasteiger partial charge >= 0.3 is 5.97 Å². The summed E-state index contributed by atoms with van der Waals surface area (Å²) >= 11 is 0. The minimum Gasteiger partial charge on any atom is -0.480 e. The molecule has 818 valence electrons. The number of hydrogen-bond donors (Lipinski definition) is 32. The molecule has 147 heavy (non-hydrogen) atoms. The van der Waals surface area contributed by atoms with E-state index in [1.165, 1.54) is 29.4 Å². The third-order valence-electron chi connectivity index (χ3n) is 27.0. The van der Waals surface area contributed by atoms with Crippen LogP contribution in [0.2, 0.25) is 0 Å². The molecule has 15 amide bonds. The van der Waals surface area contributed by atoms with Crippen molar-refractivity contribution in [3.8, 4) is 0 Å². The second-order valence-electron chi connectivity index (χ2n) is 38.6. The molecule has 6 aliphatic heterocycles. The van der Waals surface area contributed by atoms with Crippen molar-refractivity contribution < 1.29 is 81.8 Å². The molecule has 7 rings (SSSR count). The van der Waals surface area contributed by atoms with Gasteiger partial charge in [-0.2, -0.15) is 0 Å². The van der Waals surface area contributed by atoms with E-state index in [9.17, 15) is 38.7 Å². The van der Waals surface area contributed by atoms with Crippen LogP contribution in [0.1, 0.15) is 213 Å². The van der Waals surface area contributed by atoms with Gasteiger partial charge in [0.2, 0.25) is 88.6 Å². The number of hydrogen-bond acceptors (Lipinski definition) is 24. The second-order valence-corrected chi connectivity index (χ2v) is 38.6. The summed E-state index contributed by atoms with van der Waals surface area (Å²) in [6.07, 6.45) is 3.94. The number of aliphatic carboxylic acids is 1. The van der Waals surface area contributed by atoms with E-state index < -0.39 is 197 Å². The molecule has 54 heteroatoms. The minimum absolute atomic E-state index is 0.00524. The number of nitrogens with two attached hydrogens (primary N) is 8. The topological polar surface area (TPSA) is 880 Å². The number of carbonyl (C=O) groups is 16. The first-order valence-corrected chi connectivity index (χ1v) is 51.1. The number of carbonyl (C=O) groups excluding carboxylic acids is 15. The molecule has 0 aliphatic carbocycles. The number of rotatable bonds is 59. The Morgan fingerprint density at radius 2 is 0.585 bits per heavy atom. The Bertz CT molecular complexity index is 4750. The van der Waals surface area contributed by atoms with Gasteiger partial charge in [0.15, 0.2) is 41.7 Å². The van der Waals surface area contributed by atoms with Crippen LogP contribution in [-0.4, -0.2) is 353 Å². The Morgan fingerprint density at radius 1 is 0.327 bits per heavy atom. The van der Waals surface area contributed by atoms with Crippen molar-refractivity contribution in [3.05, 3.63) is 35.9 Å². The lowest BCUT2D eigenvalue weighted by atomic mass is 9.96. The molecule has 1 aromatic rings. The van der Waals surface area contributed by atoms with Crippen LogP contribution in [0.25, 0.3) is 0 Å². The van der Waals surface area contributed by atoms with Gasteiger partial charge in [-0.1, -0.05) is 64.4 Å². The summed E-state index contributed by atoms with van der Waals surface area (Å²) in [5.41, 5.74) is 45.9. The van der Waals surface area contributed by atoms with Gasteiger partial charge in [0, 0.05) is 91.5 Å². The van der Waals surface area contributed by atoms with Crippen LogP contribution < -0.4 is 131 Å². The lowest BCUT2D eigenvalue weighted by Crippen LogP contribution is -2.61. The number of guanidine groups is 7. The van der Waals surface area contributed by atoms with Crippen molar-refractivity contribution in [1.82, 2.24) is 114 Å². The Hall–Kier alpha value is -14.4. The number of nitrogens with zero attached hydrogens (tertiary/aromatic N) is 6. The lowest BCUT2D eigenvalue weighted by molar-refractivity contribution is -0.148. The lowest BCUT2D eigenvalue weighted by Gasteiger charge is -2.34. The standard InChI is InChI=1S/C93H159N37O17/c1-5-53(4)70(124-73(133)57(26-11-39-111-89(99)100)116-71(131)55(94)24-9-37-109-87(95)96)79(139)121-61(30-15-43-115-93(107)108)82(142)126-45-17-32-65(126)76(136)120-60(29-14-42-114-92(105)106)83(143)130-49-21-36-69(130)85(145)129-48-20-35-68(129)74(134)117-56(25-10-38-110-88(97)98)72(132)122-62(50-52(2)3)84(144)128-47-19-33-66(128)77(137)119-58(27-12-40-112-90(101)102)80(140)125-44-16-31-64(125)75(135)118-59(28-13-41-113-91(103)104)81(141)127-46-18-34-67(127)78(138)123-63(86(146)147)51-54-22-7-6-8-23-54/h6-8,22-23,52-53,55-70H,5,9-21,24-51,94H2,1-4H3,(H,116,131)(H,117,134)(H,118,135)(H,119,137)(H,120,136)(H,121,139)(H,122,132)(H,123,138)(H,124,133)(H,146,147)(H4,95,96,109)(H4,97,98,110)(H4,99,100,111)(H4,101,102,112)(H4,103,104,113)(H4,105,106,114)(H4,107,108,115)/t53-,55-,56-,57-,58-,59-,60-,61-,62-,63-,64-,65-,66-,67-,68-,69-,70-/m0/s1. The third kappa shape index (κ3) is 38.2. The fraction of sp³-hybridized carbons (Fsp3) is 0.688. The molecule has 6 fully saturated rings. The predicted molar refractivity (Wildman–Crippen MR) is 545 cm³/mol. The Kier molecular flexibility index (Phi) is 49.2. The zero-order valence-electron chi connectivity index (χ0n) is 84.8. The summed E-state index contributed by atoms with van der Waals surface area (Å²) < 4.78 is 0. The van der Waals surface area contributed by atoms with Crippen molar-refractivity contribution in [2.75, 3.05) is 85.1 Å². The molecule has 1 aromatic carbocycles. The quantitative estimate of drug-likeness (QED) is 0.0164. The Balaban J connectivity index is 1.06. The molecular formula is C93H159N37O17. The average Bonchev–Trinajstić information content (AvgIpc) is 1.64. The van der Waals surface area contributed by atoms with Crippen molar-refractivity contribution in [3.63, 3.8) is 0 Å². The molecule has 6 aliphatic rings. The van der Waals surface area contributed by atoms with Crippen molar-refractivity contribution >= 4 is 136 Å². The van der Waals surface area contributed by atoms with Gasteiger partial charge < -0.3 is 165 Å². The summed E-state index contributed by atoms with van der Waals surface area (Å²) in [5.74, 6) is -15.4. The maximum absolute atomic E-state index is 15.4. The molecular weight excluding hydrogens is 1910 g/mol. The van der Waals surface area contributed by atoms with Crippen LogP contribution in [-0.2, 0) is 83.1 Å². The van der Waals surface area contributed by atoms with Crippen LogP contribution in [0.4, 0.5) is 0 Å². The SMILES string of the molecule is CC[C@H](C)[C@H](NC(=O)[C@H](CCCNC(=N)N)NC(=O)[C@@H](N)CCCNC(=N)N)C(=O)N[C@@H](CCCNC(=N)N)C(=O)N1CCC[C@H]1C(=O)N[C@@H](CCCNC(=N)N)C(=O)N1CCC[C@H]1C(=O)N1CCC[C@H]1C(=O)N[C@@H](CCCNC(=N)N)C(=O)N[C@@H](CC(C)C)C(=O)N1CCC[C@H]1C(=O)N[C@@H](CCCNC(=N)N)C(=O)N1CCC[C@H]1C(=O)N[C@@H](CCCNC(=N)N)C(=O)N1CCC[C@H]1C(=O)N[C@@H](Cc1ccccc1)C(=O)O. The molecule has 0 aromatic heterocycles. The van der Waals surface area contributed by atoms with E-state index in [1.54, 1.807) is 58.0 Å². The first kappa shape index (κ1) is 120. The van der Waals surface area contributed by atoms with Gasteiger partial charge in [-0.05, 0) is 191 Å². The monoisotopic (exact) mass is 2070 g/mol. The van der Waals surface area contributed by atoms with E-state index in [0.29, 0.717) is 50.5 Å². The summed E-state index contributed by atoms with van der Waals surface area (Å²) in [4.78, 5) is 243. The van der Waals surface area contributed by atoms with E-state index in [1.807, 2.05) is 0 Å². The first-order chi connectivity index (χ1) is 69.9. The highest BCUT2D eigenvalue weighted by molar-refractivity contribution is 6.02. The summed E-state index contributed by atoms with van der Waals surface area (Å²) in [5, 5.41) is 108. The fourth-order valence-electron chi connectivity index (χ4n) is 19.3. The minimum atomic E-state index is -1.42. The van der Waals surface area contributed by atoms with Gasteiger partial charge in [-0.15, -0.1) is 0 Å². The number of amides is 15. The smallest absolute Gasteiger partial charge is 0.326 e. The van der Waals surface area contributed by atoms with Crippen LogP contribution in [0, 0.1) is 49.7 Å². The Labute approximate surface area is 855 Å². The number of carboxylic acid groups (broad SMARTS) is 1. The molecule has 0 bridgehead atoms. The summed E-state index contributed by atoms with van der Waals surface area (Å²) in [6, 6.07) is -11.7. The molecule has 0 radical (unpaired) electrons. The van der Waals surface area contributed by atoms with Gasteiger partial charge in [0.1, 0.15) is 90.6 Å². The largest absolute Gasteiger partial charge is 0.480 e. The van der Waals surface area contributed by atoms with Gasteiger partial charge in [0.05, 0.1) is 6.04 Å². The first-order valence-electron chi connectivity index (χ1n) is 51.1. The summed E-state index contributed by atoms with van der Waals surface area (Å²) in [6.45, 7) is 8.05. The second kappa shape index (κ2) is 60.5. The van der Waals surface area contributed by atoms with Crippen LogP contribution >= 0.6 is 0 Å². The van der Waals surface area contributed by atoms with Crippen molar-refractivity contribution in [1.29, 1.82) is 37.9 Å². The number of likely N-dealkylation sites (tertiary alicyclic amines) is 6. The van der Waals surface area contributed by atoms with E-state index in [0.717, 1.165) is 0 Å². The number of benzene rings is 1. The van der Waals surface area contributed by atoms with Gasteiger partial charge in [-0.3, -0.25) is 110 Å². The van der Waals surface area contributed by atoms with E-state index in [-0.39, 0.29) is 274 Å². The molecule has 54 nitrogen and oxygen atoms in total. The number of carboxylic acids is 1. The predicted octanol–water partition coefficient (Wildman–Crippen LogP) is -7.11. The molecule has 6 heterocycles. The normalized spacial score (nSPS) is 19.6. The van der Waals surface area contributed by atoms with E-state index in [2.05, 4.69) is 85.1 Å². The molecule has 0 spiro atoms. The van der Waals surface area contributed by atoms with Gasteiger partial charge in [-0.25, -0.2) is 4.79 Å². The highest BCUT2D eigenvalue weighted by atomic mass is 16.4.